The molecule has 0 bridgehead atoms. The number of nitrogens with one attached hydrogen (secondary N) is 1. The SMILES string of the molecule is Nc1cccc(Oc2cc(=O)[nH]c3ccccc23)c1. The van der Waals surface area contributed by atoms with Crippen molar-refractivity contribution < 1.29 is 4.74 Å². The highest BCUT2D eigenvalue weighted by molar-refractivity contribution is 5.84. The van der Waals surface area contributed by atoms with Crippen molar-refractivity contribution >= 4 is 16.6 Å². The molecule has 0 atom stereocenters. The molecule has 0 aliphatic carbocycles. The quantitative estimate of drug-likeness (QED) is 0.689. The van der Waals surface area contributed by atoms with Gasteiger partial charge in [-0.3, -0.25) is 4.79 Å². The first-order valence-corrected chi connectivity index (χ1v) is 5.88. The zero-order valence-corrected chi connectivity index (χ0v) is 10.1. The third-order valence-corrected chi connectivity index (χ3v) is 2.80. The van der Waals surface area contributed by atoms with Crippen molar-refractivity contribution in [1.82, 2.24) is 4.98 Å². The molecule has 0 saturated heterocycles. The molecule has 0 radical (unpaired) electrons. The maximum atomic E-state index is 11.6. The van der Waals surface area contributed by atoms with E-state index in [1.165, 1.54) is 6.07 Å². The lowest BCUT2D eigenvalue weighted by atomic mass is 10.2. The molecule has 0 amide bonds. The van der Waals surface area contributed by atoms with Crippen LogP contribution in [0.3, 0.4) is 0 Å². The molecular weight excluding hydrogens is 240 g/mol. The number of rotatable bonds is 2. The summed E-state index contributed by atoms with van der Waals surface area (Å²) in [5, 5.41) is 0.851. The van der Waals surface area contributed by atoms with Crippen LogP contribution in [0.5, 0.6) is 11.5 Å². The molecule has 0 spiro atoms. The molecule has 3 N–H and O–H groups in total. The number of nitrogen functional groups attached to an aromatic ring is 1. The first-order valence-electron chi connectivity index (χ1n) is 5.88. The third kappa shape index (κ3) is 2.28. The van der Waals surface area contributed by atoms with Gasteiger partial charge in [0, 0.05) is 23.2 Å². The van der Waals surface area contributed by atoms with Crippen LogP contribution in [0.25, 0.3) is 10.9 Å². The van der Waals surface area contributed by atoms with Crippen molar-refractivity contribution in [3.63, 3.8) is 0 Å². The molecule has 3 aromatic rings. The maximum absolute atomic E-state index is 11.6. The fourth-order valence-electron chi connectivity index (χ4n) is 1.96. The van der Waals surface area contributed by atoms with Crippen LogP contribution in [0.15, 0.2) is 59.4 Å². The van der Waals surface area contributed by atoms with E-state index in [1.807, 2.05) is 24.3 Å². The van der Waals surface area contributed by atoms with E-state index in [2.05, 4.69) is 4.98 Å². The Hall–Kier alpha value is -2.75. The Balaban J connectivity index is 2.12. The Bertz CT molecular complexity index is 793. The molecule has 19 heavy (non-hydrogen) atoms. The van der Waals surface area contributed by atoms with Crippen LogP contribution in [0.2, 0.25) is 0 Å². The molecule has 0 fully saturated rings. The Morgan fingerprint density at radius 2 is 1.84 bits per heavy atom. The van der Waals surface area contributed by atoms with Crippen molar-refractivity contribution in [2.45, 2.75) is 0 Å². The number of ether oxygens (including phenoxy) is 1. The Morgan fingerprint density at radius 1 is 1.00 bits per heavy atom. The summed E-state index contributed by atoms with van der Waals surface area (Å²) in [6.45, 7) is 0. The second kappa shape index (κ2) is 4.49. The predicted octanol–water partition coefficient (Wildman–Crippen LogP) is 2.90. The van der Waals surface area contributed by atoms with Crippen LogP contribution in [0.4, 0.5) is 5.69 Å². The summed E-state index contributed by atoms with van der Waals surface area (Å²) in [6.07, 6.45) is 0. The molecule has 1 heterocycles. The first kappa shape index (κ1) is 11.3. The lowest BCUT2D eigenvalue weighted by Gasteiger charge is -2.08. The van der Waals surface area contributed by atoms with Crippen molar-refractivity contribution in [2.75, 3.05) is 5.73 Å². The largest absolute Gasteiger partial charge is 0.456 e. The number of para-hydroxylation sites is 1. The number of aromatic nitrogens is 1. The van der Waals surface area contributed by atoms with E-state index < -0.39 is 0 Å². The standard InChI is InChI=1S/C15H12N2O2/c16-10-4-3-5-11(8-10)19-14-9-15(18)17-13-7-2-1-6-12(13)14/h1-9H,16H2,(H,17,18). The molecule has 4 heteroatoms. The van der Waals surface area contributed by atoms with Gasteiger partial charge >= 0.3 is 0 Å². The van der Waals surface area contributed by atoms with Crippen LogP contribution in [-0.4, -0.2) is 4.98 Å². The summed E-state index contributed by atoms with van der Waals surface area (Å²) in [6, 6.07) is 16.0. The van der Waals surface area contributed by atoms with E-state index in [9.17, 15) is 4.79 Å². The smallest absolute Gasteiger partial charge is 0.252 e. The minimum atomic E-state index is -0.197. The topological polar surface area (TPSA) is 68.1 Å². The Kier molecular flexibility index (Phi) is 2.68. The van der Waals surface area contributed by atoms with Gasteiger partial charge in [-0.05, 0) is 24.3 Å². The molecule has 2 aromatic carbocycles. The van der Waals surface area contributed by atoms with Crippen LogP contribution in [0.1, 0.15) is 0 Å². The van der Waals surface area contributed by atoms with Crippen LogP contribution in [0, 0.1) is 0 Å². The van der Waals surface area contributed by atoms with Gasteiger partial charge in [-0.25, -0.2) is 0 Å². The zero-order valence-electron chi connectivity index (χ0n) is 10.1. The number of nitrogens with two attached hydrogens (primary N) is 1. The van der Waals surface area contributed by atoms with Gasteiger partial charge in [-0.2, -0.15) is 0 Å². The third-order valence-electron chi connectivity index (χ3n) is 2.80. The molecule has 0 unspecified atom stereocenters. The van der Waals surface area contributed by atoms with E-state index in [0.717, 1.165) is 10.9 Å². The van der Waals surface area contributed by atoms with Gasteiger partial charge < -0.3 is 15.5 Å². The normalized spacial score (nSPS) is 10.5. The number of hydrogen-bond acceptors (Lipinski definition) is 3. The molecule has 0 aliphatic rings. The summed E-state index contributed by atoms with van der Waals surface area (Å²) in [7, 11) is 0. The summed E-state index contributed by atoms with van der Waals surface area (Å²) < 4.78 is 5.75. The number of aromatic amines is 1. The van der Waals surface area contributed by atoms with Gasteiger partial charge in [0.1, 0.15) is 11.5 Å². The van der Waals surface area contributed by atoms with Gasteiger partial charge in [0.25, 0.3) is 5.56 Å². The Morgan fingerprint density at radius 3 is 2.68 bits per heavy atom. The zero-order chi connectivity index (χ0) is 13.2. The highest BCUT2D eigenvalue weighted by Gasteiger charge is 2.05. The average Bonchev–Trinajstić information content (AvgIpc) is 2.38. The van der Waals surface area contributed by atoms with Gasteiger partial charge in [-0.1, -0.05) is 18.2 Å². The molecule has 1 aromatic heterocycles. The molecule has 0 saturated carbocycles. The average molecular weight is 252 g/mol. The molecule has 3 rings (SSSR count). The van der Waals surface area contributed by atoms with E-state index in [-0.39, 0.29) is 5.56 Å². The highest BCUT2D eigenvalue weighted by atomic mass is 16.5. The van der Waals surface area contributed by atoms with E-state index in [4.69, 9.17) is 10.5 Å². The fraction of sp³-hybridized carbons (Fsp3) is 0. The van der Waals surface area contributed by atoms with E-state index >= 15 is 0 Å². The van der Waals surface area contributed by atoms with Gasteiger partial charge in [-0.15, -0.1) is 0 Å². The maximum Gasteiger partial charge on any atom is 0.252 e. The number of hydrogen-bond donors (Lipinski definition) is 2. The second-order valence-corrected chi connectivity index (χ2v) is 4.22. The first-order chi connectivity index (χ1) is 9.22. The number of fused-ring (bicyclic) bond motifs is 1. The highest BCUT2D eigenvalue weighted by Crippen LogP contribution is 2.28. The van der Waals surface area contributed by atoms with E-state index in [0.29, 0.717) is 17.2 Å². The van der Waals surface area contributed by atoms with Crippen LogP contribution in [-0.2, 0) is 0 Å². The summed E-state index contributed by atoms with van der Waals surface area (Å²) >= 11 is 0. The summed E-state index contributed by atoms with van der Waals surface area (Å²) in [5.41, 5.74) is 6.87. The summed E-state index contributed by atoms with van der Waals surface area (Å²) in [5.74, 6) is 1.13. The summed E-state index contributed by atoms with van der Waals surface area (Å²) in [4.78, 5) is 14.4. The van der Waals surface area contributed by atoms with Crippen LogP contribution >= 0.6 is 0 Å². The number of anilines is 1. The number of H-pyrrole nitrogens is 1. The lowest BCUT2D eigenvalue weighted by Crippen LogP contribution is -2.04. The van der Waals surface area contributed by atoms with E-state index in [1.54, 1.807) is 24.3 Å². The minimum absolute atomic E-state index is 0.197. The molecular formula is C15H12N2O2. The fourth-order valence-corrected chi connectivity index (χ4v) is 1.96. The predicted molar refractivity (Wildman–Crippen MR) is 75.5 cm³/mol. The number of pyridine rings is 1. The van der Waals surface area contributed by atoms with Crippen molar-refractivity contribution in [2.24, 2.45) is 0 Å². The molecule has 94 valence electrons. The van der Waals surface area contributed by atoms with Crippen LogP contribution < -0.4 is 16.0 Å². The van der Waals surface area contributed by atoms with Crippen molar-refractivity contribution in [3.8, 4) is 11.5 Å². The molecule has 4 nitrogen and oxygen atoms in total. The van der Waals surface area contributed by atoms with Crippen molar-refractivity contribution in [3.05, 3.63) is 65.0 Å². The Labute approximate surface area is 109 Å². The van der Waals surface area contributed by atoms with Gasteiger partial charge in [0.15, 0.2) is 0 Å². The second-order valence-electron chi connectivity index (χ2n) is 4.22. The molecule has 0 aliphatic heterocycles. The lowest BCUT2D eigenvalue weighted by molar-refractivity contribution is 0.487. The number of benzene rings is 2. The van der Waals surface area contributed by atoms with Gasteiger partial charge in [0.05, 0.1) is 5.52 Å². The van der Waals surface area contributed by atoms with Crippen molar-refractivity contribution in [1.29, 1.82) is 0 Å². The van der Waals surface area contributed by atoms with Gasteiger partial charge in [0.2, 0.25) is 0 Å². The monoisotopic (exact) mass is 252 g/mol. The minimum Gasteiger partial charge on any atom is -0.456 e.